The summed E-state index contributed by atoms with van der Waals surface area (Å²) >= 11 is 0. The molecule has 5 heteroatoms. The van der Waals surface area contributed by atoms with Gasteiger partial charge in [0.05, 0.1) is 14.7 Å². The van der Waals surface area contributed by atoms with Crippen molar-refractivity contribution in [2.75, 3.05) is 6.61 Å². The van der Waals surface area contributed by atoms with Gasteiger partial charge in [0.25, 0.3) is 0 Å². The average molecular weight is 349 g/mol. The first kappa shape index (κ1) is 18.9. The first-order valence-corrected chi connectivity index (χ1v) is 11.4. The van der Waals surface area contributed by atoms with Crippen LogP contribution in [0.3, 0.4) is 0 Å². The van der Waals surface area contributed by atoms with Gasteiger partial charge in [-0.05, 0) is 13.8 Å². The second-order valence-electron chi connectivity index (χ2n) is 7.29. The lowest BCUT2D eigenvalue weighted by atomic mass is 10.1. The van der Waals surface area contributed by atoms with E-state index in [0.717, 1.165) is 0 Å². The number of hydrogen-bond acceptors (Lipinski definition) is 4. The van der Waals surface area contributed by atoms with E-state index in [9.17, 15) is 4.79 Å². The van der Waals surface area contributed by atoms with Gasteiger partial charge in [0.15, 0.2) is 5.79 Å². The molecule has 0 amide bonds. The van der Waals surface area contributed by atoms with Gasteiger partial charge >= 0.3 is 5.97 Å². The van der Waals surface area contributed by atoms with Crippen LogP contribution in [0.25, 0.3) is 0 Å². The van der Waals surface area contributed by atoms with E-state index in [4.69, 9.17) is 14.2 Å². The largest absolute Gasteiger partial charge is 0.459 e. The van der Waals surface area contributed by atoms with Crippen molar-refractivity contribution in [2.45, 2.75) is 57.4 Å². The van der Waals surface area contributed by atoms with E-state index in [0.29, 0.717) is 6.61 Å². The summed E-state index contributed by atoms with van der Waals surface area (Å²) in [6.45, 7) is 14.2. The van der Waals surface area contributed by atoms with Crippen LogP contribution in [0.1, 0.15) is 20.8 Å². The van der Waals surface area contributed by atoms with Gasteiger partial charge in [0.2, 0.25) is 0 Å². The maximum atomic E-state index is 11.7. The van der Waals surface area contributed by atoms with Crippen molar-refractivity contribution in [3.8, 4) is 0 Å². The molecule has 1 heterocycles. The van der Waals surface area contributed by atoms with Crippen molar-refractivity contribution in [1.29, 1.82) is 0 Å². The lowest BCUT2D eigenvalue weighted by molar-refractivity contribution is -0.168. The normalized spacial score (nSPS) is 22.6. The fourth-order valence-corrected chi connectivity index (χ4v) is 6.48. The molecule has 0 aliphatic carbocycles. The molecule has 1 fully saturated rings. The van der Waals surface area contributed by atoms with Gasteiger partial charge in [-0.3, -0.25) is 4.79 Å². The fraction of sp³-hybridized carbons (Fsp3) is 0.526. The van der Waals surface area contributed by atoms with Crippen LogP contribution in [0.4, 0.5) is 0 Å². The third kappa shape index (κ3) is 4.15. The Labute approximate surface area is 145 Å². The van der Waals surface area contributed by atoms with Crippen LogP contribution in [-0.2, 0) is 19.0 Å². The van der Waals surface area contributed by atoms with E-state index >= 15 is 0 Å². The van der Waals surface area contributed by atoms with Crippen LogP contribution >= 0.6 is 0 Å². The topological polar surface area (TPSA) is 44.8 Å². The average Bonchev–Trinajstić information content (AvgIpc) is 2.87. The van der Waals surface area contributed by atoms with Crippen molar-refractivity contribution in [2.24, 2.45) is 0 Å². The third-order valence-electron chi connectivity index (χ3n) is 4.66. The molecule has 132 valence electrons. The van der Waals surface area contributed by atoms with E-state index in [1.807, 2.05) is 38.1 Å². The van der Waals surface area contributed by atoms with E-state index in [1.165, 1.54) is 12.1 Å². The molecule has 1 saturated heterocycles. The second kappa shape index (κ2) is 7.21. The quantitative estimate of drug-likeness (QED) is 0.450. The number of rotatable bonds is 6. The summed E-state index contributed by atoms with van der Waals surface area (Å²) in [4.78, 5) is 11.7. The van der Waals surface area contributed by atoms with Crippen LogP contribution in [0.5, 0.6) is 0 Å². The highest BCUT2D eigenvalue weighted by Crippen LogP contribution is 2.36. The number of benzene rings is 1. The van der Waals surface area contributed by atoms with Crippen LogP contribution < -0.4 is 5.19 Å². The van der Waals surface area contributed by atoms with Crippen molar-refractivity contribution in [3.05, 3.63) is 43.0 Å². The minimum Gasteiger partial charge on any atom is -0.459 e. The maximum Gasteiger partial charge on any atom is 0.303 e. The molecule has 0 aromatic heterocycles. The zero-order valence-electron chi connectivity index (χ0n) is 15.2. The summed E-state index contributed by atoms with van der Waals surface area (Å²) < 4.78 is 17.4. The Hall–Kier alpha value is -1.43. The fourth-order valence-electron chi connectivity index (χ4n) is 3.35. The molecule has 1 aliphatic rings. The van der Waals surface area contributed by atoms with Crippen molar-refractivity contribution in [3.63, 3.8) is 0 Å². The standard InChI is InChI=1S/C19H28O4Si/c1-7-17(24(5,6)15-11-9-8-10-12-15)18(22-14(2)20)16-13-21-19(3,4)23-16/h7-12,16-18H,1,13H2,2-6H3/t16-,17+,18-/m1/s1. The van der Waals surface area contributed by atoms with Gasteiger partial charge in [-0.2, -0.15) is 0 Å². The van der Waals surface area contributed by atoms with Crippen molar-refractivity contribution < 1.29 is 19.0 Å². The summed E-state index contributed by atoms with van der Waals surface area (Å²) in [5, 5.41) is 1.30. The summed E-state index contributed by atoms with van der Waals surface area (Å²) in [5.41, 5.74) is 0.0197. The lowest BCUT2D eigenvalue weighted by Gasteiger charge is -2.38. The molecule has 0 N–H and O–H groups in total. The molecule has 0 saturated carbocycles. The highest BCUT2D eigenvalue weighted by atomic mass is 28.3. The molecule has 3 atom stereocenters. The third-order valence-corrected chi connectivity index (χ3v) is 8.71. The summed E-state index contributed by atoms with van der Waals surface area (Å²) in [6.07, 6.45) is 1.23. The molecular formula is C19H28O4Si. The Morgan fingerprint density at radius 3 is 2.46 bits per heavy atom. The van der Waals surface area contributed by atoms with Gasteiger partial charge in [-0.1, -0.05) is 54.7 Å². The molecule has 1 aromatic carbocycles. The number of esters is 1. The first-order chi connectivity index (χ1) is 11.2. The Balaban J connectivity index is 2.35. The molecule has 0 spiro atoms. The number of carbonyl (C=O) groups is 1. The SMILES string of the molecule is C=C[C@@H]([C@H](OC(C)=O)[C@H]1COC(C)(C)O1)[Si](C)(C)c1ccccc1. The zero-order valence-corrected chi connectivity index (χ0v) is 16.2. The van der Waals surface area contributed by atoms with Crippen LogP contribution in [0, 0.1) is 0 Å². The van der Waals surface area contributed by atoms with Gasteiger partial charge < -0.3 is 14.2 Å². The van der Waals surface area contributed by atoms with E-state index in [2.05, 4.69) is 31.8 Å². The van der Waals surface area contributed by atoms with Gasteiger partial charge in [-0.15, -0.1) is 6.58 Å². The van der Waals surface area contributed by atoms with Crippen LogP contribution in [-0.4, -0.2) is 38.6 Å². The van der Waals surface area contributed by atoms with E-state index in [1.54, 1.807) is 0 Å². The zero-order chi connectivity index (χ0) is 18.0. The van der Waals surface area contributed by atoms with E-state index < -0.39 is 20.0 Å². The minimum atomic E-state index is -1.98. The molecule has 1 aromatic rings. The number of hydrogen-bond donors (Lipinski definition) is 0. The van der Waals surface area contributed by atoms with E-state index in [-0.39, 0.29) is 17.6 Å². The Morgan fingerprint density at radius 2 is 2.00 bits per heavy atom. The molecular weight excluding hydrogens is 320 g/mol. The summed E-state index contributed by atoms with van der Waals surface area (Å²) in [5.74, 6) is -0.967. The predicted molar refractivity (Wildman–Crippen MR) is 98.0 cm³/mol. The Kier molecular flexibility index (Phi) is 5.68. The van der Waals surface area contributed by atoms with Gasteiger partial charge in [-0.25, -0.2) is 0 Å². The van der Waals surface area contributed by atoms with Crippen LogP contribution in [0.15, 0.2) is 43.0 Å². The van der Waals surface area contributed by atoms with Gasteiger partial charge in [0.1, 0.15) is 12.2 Å². The molecule has 2 rings (SSSR count). The summed E-state index contributed by atoms with van der Waals surface area (Å²) in [6, 6.07) is 10.4. The maximum absolute atomic E-state index is 11.7. The first-order valence-electron chi connectivity index (χ1n) is 8.34. The minimum absolute atomic E-state index is 0.0197. The molecule has 0 bridgehead atoms. The molecule has 4 nitrogen and oxygen atoms in total. The van der Waals surface area contributed by atoms with Crippen LogP contribution in [0.2, 0.25) is 18.6 Å². The monoisotopic (exact) mass is 348 g/mol. The molecule has 1 aliphatic heterocycles. The second-order valence-corrected chi connectivity index (χ2v) is 12.0. The molecule has 0 radical (unpaired) electrons. The Morgan fingerprint density at radius 1 is 1.38 bits per heavy atom. The predicted octanol–water partition coefficient (Wildman–Crippen LogP) is 3.24. The summed E-state index contributed by atoms with van der Waals surface area (Å²) in [7, 11) is -1.98. The lowest BCUT2D eigenvalue weighted by Crippen LogP contribution is -2.53. The Bertz CT molecular complexity index is 582. The molecule has 24 heavy (non-hydrogen) atoms. The number of ether oxygens (including phenoxy) is 3. The smallest absolute Gasteiger partial charge is 0.303 e. The molecule has 0 unspecified atom stereocenters. The number of carbonyl (C=O) groups excluding carboxylic acids is 1. The highest BCUT2D eigenvalue weighted by molar-refractivity contribution is 6.91. The van der Waals surface area contributed by atoms with Crippen molar-refractivity contribution >= 4 is 19.2 Å². The highest BCUT2D eigenvalue weighted by Gasteiger charge is 2.47. The van der Waals surface area contributed by atoms with Crippen molar-refractivity contribution in [1.82, 2.24) is 0 Å². The van der Waals surface area contributed by atoms with Gasteiger partial charge in [0, 0.05) is 12.5 Å².